The first-order valence-corrected chi connectivity index (χ1v) is 24.7. The first-order valence-electron chi connectivity index (χ1n) is 19.1. The predicted octanol–water partition coefficient (Wildman–Crippen LogP) is 6.61. The van der Waals surface area contributed by atoms with Gasteiger partial charge in [-0.2, -0.15) is 8.42 Å². The van der Waals surface area contributed by atoms with E-state index in [0.717, 1.165) is 56.6 Å². The van der Waals surface area contributed by atoms with E-state index in [0.29, 0.717) is 36.5 Å². The van der Waals surface area contributed by atoms with Gasteiger partial charge in [0.1, 0.15) is 16.8 Å². The second-order valence-electron chi connectivity index (χ2n) is 13.7. The number of carbonyl (C=O) groups is 3. The molecule has 2 aliphatic rings. The van der Waals surface area contributed by atoms with Crippen molar-refractivity contribution in [1.82, 2.24) is 25.4 Å². The Hall–Kier alpha value is -4.01. The molecule has 3 amide bonds. The van der Waals surface area contributed by atoms with Gasteiger partial charge in [-0.1, -0.05) is 42.3 Å². The molecule has 0 spiro atoms. The van der Waals surface area contributed by atoms with Crippen LogP contribution in [0.1, 0.15) is 68.0 Å². The third kappa shape index (κ3) is 11.6. The maximum atomic E-state index is 17.0. The molecule has 306 valence electrons. The largest absolute Gasteiger partial charge is 0.847 e. The fourth-order valence-corrected chi connectivity index (χ4v) is 10.6. The molecule has 0 saturated heterocycles. The summed E-state index contributed by atoms with van der Waals surface area (Å²) in [6.07, 6.45) is 9.55. The topological polar surface area (TPSA) is 162 Å². The Kier molecular flexibility index (Phi) is 15.6. The van der Waals surface area contributed by atoms with E-state index in [1.54, 1.807) is 37.3 Å². The molecule has 0 bridgehead atoms. The van der Waals surface area contributed by atoms with Crippen LogP contribution in [0, 0.1) is 0 Å². The lowest BCUT2D eigenvalue weighted by molar-refractivity contribution is -0.335. The van der Waals surface area contributed by atoms with E-state index in [-0.39, 0.29) is 31.7 Å². The summed E-state index contributed by atoms with van der Waals surface area (Å²) in [4.78, 5) is 44.7. The van der Waals surface area contributed by atoms with Crippen molar-refractivity contribution in [1.29, 1.82) is 0 Å². The molecule has 6 rings (SSSR count). The van der Waals surface area contributed by atoms with Crippen LogP contribution in [-0.2, 0) is 30.9 Å². The number of halogens is 1. The van der Waals surface area contributed by atoms with E-state index < -0.39 is 41.0 Å². The molecule has 4 aromatic heterocycles. The van der Waals surface area contributed by atoms with E-state index in [1.165, 1.54) is 22.1 Å². The van der Waals surface area contributed by atoms with Crippen molar-refractivity contribution in [2.45, 2.75) is 69.4 Å². The van der Waals surface area contributed by atoms with E-state index in [4.69, 9.17) is 0 Å². The van der Waals surface area contributed by atoms with Crippen LogP contribution in [0.3, 0.4) is 0 Å². The number of allylic oxidation sites excluding steroid dienone is 2. The second kappa shape index (κ2) is 20.8. The number of unbranched alkanes of at least 4 members (excludes halogenated alkanes) is 2. The van der Waals surface area contributed by atoms with Crippen molar-refractivity contribution in [3.63, 3.8) is 0 Å². The lowest BCUT2D eigenvalue weighted by atomic mass is 9.93. The molecule has 1 unspecified atom stereocenters. The van der Waals surface area contributed by atoms with Crippen molar-refractivity contribution < 1.29 is 36.2 Å². The number of nitrogens with one attached hydrogen (secondary N) is 3. The standard InChI is InChI=1S/C39H44BFN6O6S5/c1-2-3-10-27-23-32(34-11-8-20-54-34)46-30(27)25-31-28(24-33(47(31)40(46)41)35-12-9-21-55-35)15-16-37(49)45-29(26-58(51,52)53)39(50)44-18-6-4-13-36(48)42-19-22-56-57-38-14-5-7-17-43-38/h5,7-9,11-12,14,17,20-21,23-25,29H,2-4,6,10,13,15-16,18-19,22,26H2,1H3,(H3-,42,44,45,48,49,50,51,52,53)/p+1. The minimum Gasteiger partial charge on any atom is -0.355 e. The highest BCUT2D eigenvalue weighted by atomic mass is 33.1. The molecule has 6 heterocycles. The maximum absolute atomic E-state index is 17.0. The number of aryl methyl sites for hydroxylation is 1. The minimum atomic E-state index is -4.64. The first kappa shape index (κ1) is 43.6. The molecule has 1 atom stereocenters. The van der Waals surface area contributed by atoms with Gasteiger partial charge < -0.3 is 16.0 Å². The van der Waals surface area contributed by atoms with Crippen LogP contribution in [0.5, 0.6) is 0 Å². The number of hydrogen-bond donors (Lipinski definition) is 4. The molecule has 19 heteroatoms. The van der Waals surface area contributed by atoms with Crippen LogP contribution in [0.4, 0.5) is 4.32 Å². The number of hydrogen-bond acceptors (Lipinski definition) is 10. The quantitative estimate of drug-likeness (QED) is 0.0295. The van der Waals surface area contributed by atoms with Crippen molar-refractivity contribution in [3.05, 3.63) is 99.0 Å². The molecule has 0 saturated carbocycles. The number of pyridine rings is 1. The minimum absolute atomic E-state index is 0.119. The zero-order valence-electron chi connectivity index (χ0n) is 31.9. The third-order valence-electron chi connectivity index (χ3n) is 9.43. The summed E-state index contributed by atoms with van der Waals surface area (Å²) >= 11 is 3.04. The zero-order chi connectivity index (χ0) is 41.1. The van der Waals surface area contributed by atoms with Crippen LogP contribution in [-0.4, -0.2) is 88.2 Å². The van der Waals surface area contributed by atoms with Crippen molar-refractivity contribution >= 4 is 91.1 Å². The summed E-state index contributed by atoms with van der Waals surface area (Å²) in [5.74, 6) is -1.79. The van der Waals surface area contributed by atoms with Crippen LogP contribution in [0.2, 0.25) is 0 Å². The Morgan fingerprint density at radius 3 is 2.47 bits per heavy atom. The number of rotatable bonds is 22. The summed E-state index contributed by atoms with van der Waals surface area (Å²) in [5, 5.41) is 12.8. The van der Waals surface area contributed by atoms with Gasteiger partial charge in [0.25, 0.3) is 10.1 Å². The number of nitrogens with zero attached hydrogens (tertiary/aromatic N) is 3. The SMILES string of the molecule is CCCCc1cc(-c2cccs2)n2c1C=C1C(CCC(=O)NC(CS(=O)(=O)O)C(=O)NCCCCC(=O)NCCSSc3ccccn3)=CC(c3cccs3)=[N+]1B2F. The van der Waals surface area contributed by atoms with E-state index in [9.17, 15) is 27.4 Å². The second-order valence-corrected chi connectivity index (χ2v) is 19.5. The molecule has 0 aliphatic carbocycles. The van der Waals surface area contributed by atoms with Crippen molar-refractivity contribution in [2.75, 3.05) is 24.6 Å². The Bertz CT molecular complexity index is 2260. The van der Waals surface area contributed by atoms with E-state index >= 15 is 4.32 Å². The molecular formula is C39H45BFN6O6S5+. The van der Waals surface area contributed by atoms with Gasteiger partial charge in [0.2, 0.25) is 23.4 Å². The Morgan fingerprint density at radius 2 is 1.76 bits per heavy atom. The number of carbonyl (C=O) groups excluding carboxylic acids is 3. The molecule has 12 nitrogen and oxygen atoms in total. The third-order valence-corrected chi connectivity index (χ3v) is 14.2. The molecule has 0 radical (unpaired) electrons. The van der Waals surface area contributed by atoms with Crippen LogP contribution >= 0.6 is 44.3 Å². The maximum Gasteiger partial charge on any atom is 0.847 e. The fourth-order valence-electron chi connectivity index (χ4n) is 6.68. The molecule has 58 heavy (non-hydrogen) atoms. The van der Waals surface area contributed by atoms with E-state index in [2.05, 4.69) is 33.9 Å². The van der Waals surface area contributed by atoms with Gasteiger partial charge in [-0.05, 0) is 89.6 Å². The summed E-state index contributed by atoms with van der Waals surface area (Å²) in [5.41, 5.74) is 4.69. The lowest BCUT2D eigenvalue weighted by Crippen LogP contribution is -2.50. The van der Waals surface area contributed by atoms with Crippen LogP contribution < -0.4 is 16.0 Å². The molecule has 4 N–H and O–H groups in total. The summed E-state index contributed by atoms with van der Waals surface area (Å²) in [7, 11) is -3.06. The Labute approximate surface area is 354 Å². The number of aromatic nitrogens is 2. The summed E-state index contributed by atoms with van der Waals surface area (Å²) in [6, 6.07) is 14.0. The van der Waals surface area contributed by atoms with Gasteiger partial charge >= 0.3 is 7.26 Å². The zero-order valence-corrected chi connectivity index (χ0v) is 36.0. The fraction of sp³-hybridized carbons (Fsp3) is 0.359. The average molecular weight is 884 g/mol. The van der Waals surface area contributed by atoms with Crippen LogP contribution in [0.25, 0.3) is 16.6 Å². The predicted molar refractivity (Wildman–Crippen MR) is 233 cm³/mol. The number of amides is 3. The van der Waals surface area contributed by atoms with E-state index in [1.807, 2.05) is 65.4 Å². The Morgan fingerprint density at radius 1 is 0.966 bits per heavy atom. The molecule has 0 fully saturated rings. The smallest absolute Gasteiger partial charge is 0.355 e. The van der Waals surface area contributed by atoms with Gasteiger partial charge in [-0.25, -0.2) is 13.8 Å². The monoisotopic (exact) mass is 883 g/mol. The Balaban J connectivity index is 1.05. The average Bonchev–Trinajstić information content (AvgIpc) is 4.03. The van der Waals surface area contributed by atoms with Crippen molar-refractivity contribution in [2.24, 2.45) is 0 Å². The highest BCUT2D eigenvalue weighted by Gasteiger charge is 2.51. The summed E-state index contributed by atoms with van der Waals surface area (Å²) < 4.78 is 53.8. The lowest BCUT2D eigenvalue weighted by Gasteiger charge is -2.18. The molecule has 4 aromatic rings. The van der Waals surface area contributed by atoms with Gasteiger partial charge in [0, 0.05) is 66.2 Å². The number of thiophene rings is 2. The van der Waals surface area contributed by atoms with Gasteiger partial charge in [0.05, 0.1) is 10.6 Å². The first-order chi connectivity index (χ1) is 28.0. The van der Waals surface area contributed by atoms with Gasteiger partial charge in [-0.15, -0.1) is 22.7 Å². The van der Waals surface area contributed by atoms with Gasteiger partial charge in [0.15, 0.2) is 5.70 Å². The van der Waals surface area contributed by atoms with Crippen molar-refractivity contribution in [3.8, 4) is 10.6 Å². The molecule has 0 aromatic carbocycles. The summed E-state index contributed by atoms with van der Waals surface area (Å²) in [6.45, 7) is 2.76. The van der Waals surface area contributed by atoms with Gasteiger partial charge in [-0.3, -0.25) is 23.4 Å². The normalized spacial score (nSPS) is 14.1. The van der Waals surface area contributed by atoms with Crippen LogP contribution in [0.15, 0.2) is 87.9 Å². The molecule has 2 aliphatic heterocycles. The highest BCUT2D eigenvalue weighted by molar-refractivity contribution is 8.76. The molecular weight excluding hydrogens is 839 g/mol. The number of fused-ring (bicyclic) bond motifs is 2. The highest BCUT2D eigenvalue weighted by Crippen LogP contribution is 2.39.